The summed E-state index contributed by atoms with van der Waals surface area (Å²) in [5, 5.41) is 3.36. The molecule has 0 aliphatic heterocycles. The van der Waals surface area contributed by atoms with Crippen LogP contribution in [0.15, 0.2) is 34.2 Å². The predicted molar refractivity (Wildman–Crippen MR) is 123 cm³/mol. The van der Waals surface area contributed by atoms with E-state index in [4.69, 9.17) is 4.74 Å². The third kappa shape index (κ3) is 5.10. The van der Waals surface area contributed by atoms with Gasteiger partial charge in [0.1, 0.15) is 4.83 Å². The quantitative estimate of drug-likeness (QED) is 0.277. The molecule has 6 nitrogen and oxygen atoms in total. The number of alkyl halides is 3. The van der Waals surface area contributed by atoms with Crippen LogP contribution in [0.1, 0.15) is 28.8 Å². The fourth-order valence-electron chi connectivity index (χ4n) is 3.89. The number of amides is 1. The Morgan fingerprint density at radius 1 is 1.30 bits per heavy atom. The average molecular weight is 498 g/mol. The number of carbonyl (C=O) groups excluding carboxylic acids is 1. The highest BCUT2D eigenvalue weighted by Gasteiger charge is 2.33. The first-order chi connectivity index (χ1) is 15.8. The summed E-state index contributed by atoms with van der Waals surface area (Å²) < 4.78 is 46.2. The fourth-order valence-corrected chi connectivity index (χ4v) is 6.02. The van der Waals surface area contributed by atoms with E-state index in [0.717, 1.165) is 42.7 Å². The topological polar surface area (TPSA) is 73.2 Å². The van der Waals surface area contributed by atoms with E-state index in [0.29, 0.717) is 34.9 Å². The highest BCUT2D eigenvalue weighted by molar-refractivity contribution is 7.99. The second-order valence-corrected chi connectivity index (χ2v) is 9.64. The van der Waals surface area contributed by atoms with Crippen LogP contribution < -0.4 is 10.9 Å². The van der Waals surface area contributed by atoms with Crippen molar-refractivity contribution in [3.05, 3.63) is 50.6 Å². The summed E-state index contributed by atoms with van der Waals surface area (Å²) in [4.78, 5) is 32.3. The van der Waals surface area contributed by atoms with E-state index in [1.54, 1.807) is 11.7 Å². The maximum absolute atomic E-state index is 13.3. The standard InChI is InChI=1S/C22H22F3N3O3S2/c1-31-11-5-10-28-20(30)18-13-6-4-9-16(13)33-19(18)27-21(28)32-12-17(29)26-15-8-3-2-7-14(15)22(23,24)25/h2-3,7-8H,4-6,9-12H2,1H3,(H,26,29). The van der Waals surface area contributed by atoms with Gasteiger partial charge in [-0.25, -0.2) is 4.98 Å². The maximum atomic E-state index is 13.3. The smallest absolute Gasteiger partial charge is 0.385 e. The number of aromatic nitrogens is 2. The van der Waals surface area contributed by atoms with Crippen LogP contribution in [0.2, 0.25) is 0 Å². The summed E-state index contributed by atoms with van der Waals surface area (Å²) in [5.41, 5.74) is -0.273. The number of thioether (sulfide) groups is 1. The van der Waals surface area contributed by atoms with Crippen molar-refractivity contribution in [3.8, 4) is 0 Å². The van der Waals surface area contributed by atoms with Crippen molar-refractivity contribution in [1.82, 2.24) is 9.55 Å². The monoisotopic (exact) mass is 497 g/mol. The van der Waals surface area contributed by atoms with Crippen LogP contribution in [0.4, 0.5) is 18.9 Å². The van der Waals surface area contributed by atoms with Crippen molar-refractivity contribution in [2.75, 3.05) is 24.8 Å². The number of hydrogen-bond acceptors (Lipinski definition) is 6. The molecule has 0 unspecified atom stereocenters. The van der Waals surface area contributed by atoms with Gasteiger partial charge in [0.15, 0.2) is 5.16 Å². The number of para-hydroxylation sites is 1. The van der Waals surface area contributed by atoms with Gasteiger partial charge >= 0.3 is 6.18 Å². The predicted octanol–water partition coefficient (Wildman–Crippen LogP) is 4.73. The van der Waals surface area contributed by atoms with Gasteiger partial charge in [-0.2, -0.15) is 13.2 Å². The number of nitrogens with zero attached hydrogens (tertiary/aromatic N) is 2. The lowest BCUT2D eigenvalue weighted by Crippen LogP contribution is -2.25. The van der Waals surface area contributed by atoms with Crippen LogP contribution >= 0.6 is 23.1 Å². The number of carbonyl (C=O) groups is 1. The van der Waals surface area contributed by atoms with E-state index in [9.17, 15) is 22.8 Å². The molecule has 1 amide bonds. The molecule has 4 rings (SSSR count). The summed E-state index contributed by atoms with van der Waals surface area (Å²) in [5.74, 6) is -0.789. The molecule has 2 heterocycles. The van der Waals surface area contributed by atoms with Crippen molar-refractivity contribution < 1.29 is 22.7 Å². The molecule has 2 aromatic heterocycles. The normalized spacial score (nSPS) is 13.5. The Morgan fingerprint density at radius 3 is 2.85 bits per heavy atom. The number of fused-ring (bicyclic) bond motifs is 3. The number of benzene rings is 1. The number of halogens is 3. The first-order valence-electron chi connectivity index (χ1n) is 10.4. The molecule has 176 valence electrons. The Kier molecular flexibility index (Phi) is 7.10. The van der Waals surface area contributed by atoms with Crippen molar-refractivity contribution >= 4 is 44.9 Å². The van der Waals surface area contributed by atoms with E-state index < -0.39 is 17.6 Å². The summed E-state index contributed by atoms with van der Waals surface area (Å²) in [6.45, 7) is 0.839. The van der Waals surface area contributed by atoms with Gasteiger partial charge in [0.05, 0.1) is 22.4 Å². The number of methoxy groups -OCH3 is 1. The summed E-state index contributed by atoms with van der Waals surface area (Å²) in [7, 11) is 1.58. The van der Waals surface area contributed by atoms with Crippen molar-refractivity contribution in [3.63, 3.8) is 0 Å². The zero-order valence-corrected chi connectivity index (χ0v) is 19.5. The Labute approximate surface area is 196 Å². The molecule has 0 bridgehead atoms. The number of rotatable bonds is 8. The first kappa shape index (κ1) is 23.8. The van der Waals surface area contributed by atoms with Crippen LogP contribution in [0, 0.1) is 0 Å². The fraction of sp³-hybridized carbons (Fsp3) is 0.409. The number of thiophene rings is 1. The second-order valence-electron chi connectivity index (χ2n) is 7.62. The van der Waals surface area contributed by atoms with E-state index in [1.807, 2.05) is 0 Å². The van der Waals surface area contributed by atoms with Gasteiger partial charge in [0, 0.05) is 25.1 Å². The van der Waals surface area contributed by atoms with Gasteiger partial charge < -0.3 is 10.1 Å². The van der Waals surface area contributed by atoms with Crippen LogP contribution in [-0.2, 0) is 35.1 Å². The molecule has 3 aromatic rings. The third-order valence-corrected chi connectivity index (χ3v) is 7.52. The molecule has 0 spiro atoms. The van der Waals surface area contributed by atoms with E-state index >= 15 is 0 Å². The van der Waals surface area contributed by atoms with E-state index in [1.165, 1.54) is 34.4 Å². The number of anilines is 1. The summed E-state index contributed by atoms with van der Waals surface area (Å²) in [6, 6.07) is 4.83. The minimum absolute atomic E-state index is 0.138. The third-order valence-electron chi connectivity index (χ3n) is 5.36. The van der Waals surface area contributed by atoms with Gasteiger partial charge in [-0.05, 0) is 43.4 Å². The van der Waals surface area contributed by atoms with E-state index in [2.05, 4.69) is 10.3 Å². The molecule has 0 saturated heterocycles. The van der Waals surface area contributed by atoms with Gasteiger partial charge in [0.25, 0.3) is 5.56 Å². The zero-order valence-electron chi connectivity index (χ0n) is 17.8. The zero-order chi connectivity index (χ0) is 23.6. The Morgan fingerprint density at radius 2 is 2.09 bits per heavy atom. The molecular weight excluding hydrogens is 475 g/mol. The number of ether oxygens (including phenoxy) is 1. The number of nitrogens with one attached hydrogen (secondary N) is 1. The van der Waals surface area contributed by atoms with Gasteiger partial charge in [-0.1, -0.05) is 23.9 Å². The Bertz CT molecular complexity index is 1240. The van der Waals surface area contributed by atoms with Crippen molar-refractivity contribution in [2.24, 2.45) is 0 Å². The largest absolute Gasteiger partial charge is 0.418 e. The molecule has 0 atom stereocenters. The molecule has 11 heteroatoms. The van der Waals surface area contributed by atoms with Crippen LogP contribution in [0.3, 0.4) is 0 Å². The van der Waals surface area contributed by atoms with Gasteiger partial charge in [-0.3, -0.25) is 14.2 Å². The molecule has 1 aromatic carbocycles. The summed E-state index contributed by atoms with van der Waals surface area (Å²) in [6.07, 6.45) is -1.17. The van der Waals surface area contributed by atoms with Crippen molar-refractivity contribution in [1.29, 1.82) is 0 Å². The SMILES string of the molecule is COCCCn1c(SCC(=O)Nc2ccccc2C(F)(F)F)nc2sc3c(c2c1=O)CCC3. The van der Waals surface area contributed by atoms with Gasteiger partial charge in [-0.15, -0.1) is 11.3 Å². The molecule has 1 aliphatic carbocycles. The van der Waals surface area contributed by atoms with Crippen molar-refractivity contribution in [2.45, 2.75) is 43.6 Å². The highest BCUT2D eigenvalue weighted by Crippen LogP contribution is 2.36. The minimum atomic E-state index is -4.58. The molecule has 1 N–H and O–H groups in total. The lowest BCUT2D eigenvalue weighted by atomic mass is 10.1. The highest BCUT2D eigenvalue weighted by atomic mass is 32.2. The maximum Gasteiger partial charge on any atom is 0.418 e. The van der Waals surface area contributed by atoms with Crippen LogP contribution in [0.5, 0.6) is 0 Å². The minimum Gasteiger partial charge on any atom is -0.385 e. The molecule has 33 heavy (non-hydrogen) atoms. The molecular formula is C22H22F3N3O3S2. The lowest BCUT2D eigenvalue weighted by Gasteiger charge is -2.14. The molecule has 0 fully saturated rings. The summed E-state index contributed by atoms with van der Waals surface area (Å²) >= 11 is 2.55. The van der Waals surface area contributed by atoms with Crippen LogP contribution in [0.25, 0.3) is 10.2 Å². The lowest BCUT2D eigenvalue weighted by molar-refractivity contribution is -0.137. The Hall–Kier alpha value is -2.37. The molecule has 0 radical (unpaired) electrons. The Balaban J connectivity index is 1.57. The number of aryl methyl sites for hydroxylation is 2. The van der Waals surface area contributed by atoms with Gasteiger partial charge in [0.2, 0.25) is 5.91 Å². The van der Waals surface area contributed by atoms with E-state index in [-0.39, 0.29) is 17.0 Å². The number of hydrogen-bond donors (Lipinski definition) is 1. The average Bonchev–Trinajstić information content (AvgIpc) is 3.34. The molecule has 1 aliphatic rings. The second kappa shape index (κ2) is 9.86. The van der Waals surface area contributed by atoms with Crippen LogP contribution in [-0.4, -0.2) is 34.9 Å². The molecule has 0 saturated carbocycles. The first-order valence-corrected chi connectivity index (χ1v) is 12.2.